The van der Waals surface area contributed by atoms with E-state index < -0.39 is 31.1 Å². The number of benzene rings is 1. The van der Waals surface area contributed by atoms with Crippen LogP contribution in [-0.4, -0.2) is 31.8 Å². The molecule has 0 radical (unpaired) electrons. The van der Waals surface area contributed by atoms with Crippen molar-refractivity contribution in [2.24, 2.45) is 5.73 Å². The Morgan fingerprint density at radius 1 is 1.38 bits per heavy atom. The van der Waals surface area contributed by atoms with Crippen LogP contribution in [0.1, 0.15) is 5.56 Å². The molecule has 1 aromatic carbocycles. The van der Waals surface area contributed by atoms with Gasteiger partial charge < -0.3 is 15.8 Å². The van der Waals surface area contributed by atoms with Crippen LogP contribution in [0.5, 0.6) is 0 Å². The summed E-state index contributed by atoms with van der Waals surface area (Å²) in [6.07, 6.45) is -4.51. The topological polar surface area (TPSA) is 64.3 Å². The number of hydrogen-bond acceptors (Lipinski definition) is 3. The van der Waals surface area contributed by atoms with Crippen molar-refractivity contribution in [3.05, 3.63) is 29.6 Å². The van der Waals surface area contributed by atoms with E-state index in [1.165, 1.54) is 6.07 Å². The number of nitrogens with two attached hydrogens (primary N) is 1. The van der Waals surface area contributed by atoms with Crippen molar-refractivity contribution >= 4 is 11.6 Å². The normalized spacial score (nSPS) is 10.7. The molecule has 1 amide bonds. The van der Waals surface area contributed by atoms with E-state index in [-0.39, 0.29) is 17.8 Å². The van der Waals surface area contributed by atoms with Crippen molar-refractivity contribution in [2.75, 3.05) is 25.1 Å². The standard InChI is InChI=1S/C13H12F4N2O2/c14-10-3-4-11(9(6-10)2-1-5-18)19-12(20)7-21-8-13(15,16)17/h3-4,6H,5,7-8,18H2,(H,19,20). The molecular weight excluding hydrogens is 292 g/mol. The zero-order chi connectivity index (χ0) is 15.9. The summed E-state index contributed by atoms with van der Waals surface area (Å²) in [6, 6.07) is 3.41. The van der Waals surface area contributed by atoms with Gasteiger partial charge in [0.1, 0.15) is 19.0 Å². The number of halogens is 4. The number of carbonyl (C=O) groups is 1. The third kappa shape index (κ3) is 6.74. The van der Waals surface area contributed by atoms with Gasteiger partial charge in [0, 0.05) is 0 Å². The third-order valence-corrected chi connectivity index (χ3v) is 2.08. The Morgan fingerprint density at radius 2 is 2.10 bits per heavy atom. The van der Waals surface area contributed by atoms with Crippen LogP contribution in [0.3, 0.4) is 0 Å². The maximum absolute atomic E-state index is 13.1. The fourth-order valence-electron chi connectivity index (χ4n) is 1.32. The first kappa shape index (κ1) is 16.9. The maximum Gasteiger partial charge on any atom is 0.411 e. The van der Waals surface area contributed by atoms with Crippen molar-refractivity contribution in [1.82, 2.24) is 0 Å². The molecule has 0 aromatic heterocycles. The summed E-state index contributed by atoms with van der Waals surface area (Å²) in [5, 5.41) is 2.29. The Balaban J connectivity index is 2.67. The number of hydrogen-bond donors (Lipinski definition) is 2. The SMILES string of the molecule is NCC#Cc1cc(F)ccc1NC(=O)COCC(F)(F)F. The summed E-state index contributed by atoms with van der Waals surface area (Å²) >= 11 is 0. The average molecular weight is 304 g/mol. The molecule has 8 heteroatoms. The lowest BCUT2D eigenvalue weighted by Crippen LogP contribution is -2.24. The molecular formula is C13H12F4N2O2. The van der Waals surface area contributed by atoms with Crippen LogP contribution >= 0.6 is 0 Å². The molecule has 1 aromatic rings. The highest BCUT2D eigenvalue weighted by atomic mass is 19.4. The van der Waals surface area contributed by atoms with Crippen LogP contribution in [0.4, 0.5) is 23.2 Å². The molecule has 4 nitrogen and oxygen atoms in total. The summed E-state index contributed by atoms with van der Waals surface area (Å²) in [7, 11) is 0. The largest absolute Gasteiger partial charge is 0.411 e. The monoisotopic (exact) mass is 304 g/mol. The van der Waals surface area contributed by atoms with Gasteiger partial charge in [0.2, 0.25) is 5.91 Å². The van der Waals surface area contributed by atoms with E-state index in [9.17, 15) is 22.4 Å². The van der Waals surface area contributed by atoms with Gasteiger partial charge in [-0.2, -0.15) is 13.2 Å². The Hall–Kier alpha value is -2.11. The lowest BCUT2D eigenvalue weighted by molar-refractivity contribution is -0.174. The Bertz CT molecular complexity index is 562. The molecule has 3 N–H and O–H groups in total. The first-order chi connectivity index (χ1) is 9.81. The van der Waals surface area contributed by atoms with Gasteiger partial charge >= 0.3 is 6.18 Å². The van der Waals surface area contributed by atoms with Gasteiger partial charge in [0.15, 0.2) is 0 Å². The molecule has 0 atom stereocenters. The number of ether oxygens (including phenoxy) is 1. The molecule has 0 heterocycles. The second-order valence-electron chi connectivity index (χ2n) is 3.85. The van der Waals surface area contributed by atoms with Crippen molar-refractivity contribution in [3.63, 3.8) is 0 Å². The van der Waals surface area contributed by atoms with E-state index in [1.807, 2.05) is 0 Å². The molecule has 0 saturated carbocycles. The lowest BCUT2D eigenvalue weighted by Gasteiger charge is -2.09. The van der Waals surface area contributed by atoms with Gasteiger partial charge in [-0.05, 0) is 18.2 Å². The molecule has 0 aliphatic carbocycles. The highest BCUT2D eigenvalue weighted by molar-refractivity contribution is 5.93. The van der Waals surface area contributed by atoms with Gasteiger partial charge in [0.25, 0.3) is 0 Å². The summed E-state index contributed by atoms with van der Waals surface area (Å²) < 4.78 is 52.9. The third-order valence-electron chi connectivity index (χ3n) is 2.08. The highest BCUT2D eigenvalue weighted by Gasteiger charge is 2.27. The Kier molecular flexibility index (Phi) is 6.14. The second-order valence-corrected chi connectivity index (χ2v) is 3.85. The molecule has 21 heavy (non-hydrogen) atoms. The van der Waals surface area contributed by atoms with Gasteiger partial charge in [-0.25, -0.2) is 4.39 Å². The fraction of sp³-hybridized carbons (Fsp3) is 0.308. The van der Waals surface area contributed by atoms with Crippen molar-refractivity contribution < 1.29 is 27.1 Å². The zero-order valence-electron chi connectivity index (χ0n) is 10.8. The van der Waals surface area contributed by atoms with Crippen LogP contribution < -0.4 is 11.1 Å². The number of amides is 1. The summed E-state index contributed by atoms with van der Waals surface area (Å²) in [6.45, 7) is -2.26. The first-order valence-electron chi connectivity index (χ1n) is 5.74. The van der Waals surface area contributed by atoms with E-state index in [2.05, 4.69) is 21.9 Å². The zero-order valence-corrected chi connectivity index (χ0v) is 10.8. The van der Waals surface area contributed by atoms with Crippen molar-refractivity contribution in [2.45, 2.75) is 6.18 Å². The number of carbonyl (C=O) groups excluding carboxylic acids is 1. The fourth-order valence-corrected chi connectivity index (χ4v) is 1.32. The number of alkyl halides is 3. The van der Waals surface area contributed by atoms with Crippen molar-refractivity contribution in [1.29, 1.82) is 0 Å². The predicted molar refractivity (Wildman–Crippen MR) is 67.8 cm³/mol. The molecule has 1 rings (SSSR count). The molecule has 0 fully saturated rings. The van der Waals surface area contributed by atoms with Gasteiger partial charge in [-0.15, -0.1) is 0 Å². The van der Waals surface area contributed by atoms with Crippen LogP contribution in [0.2, 0.25) is 0 Å². The van der Waals surface area contributed by atoms with E-state index in [0.29, 0.717) is 0 Å². The van der Waals surface area contributed by atoms with Crippen LogP contribution in [0.15, 0.2) is 18.2 Å². The van der Waals surface area contributed by atoms with Crippen LogP contribution in [-0.2, 0) is 9.53 Å². The predicted octanol–water partition coefficient (Wildman–Crippen LogP) is 1.65. The quantitative estimate of drug-likeness (QED) is 0.657. The maximum atomic E-state index is 13.1. The van der Waals surface area contributed by atoms with E-state index in [1.54, 1.807) is 0 Å². The van der Waals surface area contributed by atoms with E-state index in [4.69, 9.17) is 5.73 Å². The lowest BCUT2D eigenvalue weighted by atomic mass is 10.1. The summed E-state index contributed by atoms with van der Waals surface area (Å²) in [5.74, 6) is 3.67. The Morgan fingerprint density at radius 3 is 2.71 bits per heavy atom. The first-order valence-corrected chi connectivity index (χ1v) is 5.74. The molecule has 0 aliphatic rings. The average Bonchev–Trinajstić information content (AvgIpc) is 2.37. The smallest absolute Gasteiger partial charge is 0.362 e. The molecule has 0 unspecified atom stereocenters. The Labute approximate surface area is 118 Å². The van der Waals surface area contributed by atoms with E-state index in [0.717, 1.165) is 12.1 Å². The van der Waals surface area contributed by atoms with Gasteiger partial charge in [-0.3, -0.25) is 4.79 Å². The van der Waals surface area contributed by atoms with Gasteiger partial charge in [0.05, 0.1) is 17.8 Å². The molecule has 0 aliphatic heterocycles. The minimum absolute atomic E-state index is 0.0403. The minimum atomic E-state index is -4.51. The van der Waals surface area contributed by atoms with Gasteiger partial charge in [-0.1, -0.05) is 11.8 Å². The molecule has 0 bridgehead atoms. The molecule has 0 saturated heterocycles. The number of anilines is 1. The molecule has 0 spiro atoms. The number of rotatable bonds is 4. The summed E-state index contributed by atoms with van der Waals surface area (Å²) in [5.41, 5.74) is 5.53. The molecule has 114 valence electrons. The van der Waals surface area contributed by atoms with Crippen LogP contribution in [0, 0.1) is 17.7 Å². The minimum Gasteiger partial charge on any atom is -0.362 e. The second kappa shape index (κ2) is 7.61. The highest BCUT2D eigenvalue weighted by Crippen LogP contribution is 2.17. The van der Waals surface area contributed by atoms with Crippen molar-refractivity contribution in [3.8, 4) is 11.8 Å². The summed E-state index contributed by atoms with van der Waals surface area (Å²) in [4.78, 5) is 11.4. The van der Waals surface area contributed by atoms with E-state index >= 15 is 0 Å². The number of nitrogens with one attached hydrogen (secondary N) is 1. The van der Waals surface area contributed by atoms with Crippen LogP contribution in [0.25, 0.3) is 0 Å².